The minimum Gasteiger partial charge on any atom is -0.497 e. The Labute approximate surface area is 111 Å². The van der Waals surface area contributed by atoms with E-state index in [0.717, 1.165) is 31.7 Å². The van der Waals surface area contributed by atoms with Crippen LogP contribution in [0, 0.1) is 0 Å². The van der Waals surface area contributed by atoms with Gasteiger partial charge in [0.1, 0.15) is 5.75 Å². The molecule has 0 aliphatic carbocycles. The van der Waals surface area contributed by atoms with Gasteiger partial charge in [0.2, 0.25) is 0 Å². The number of hydrogen-bond acceptors (Lipinski definition) is 3. The van der Waals surface area contributed by atoms with E-state index in [-0.39, 0.29) is 0 Å². The van der Waals surface area contributed by atoms with E-state index < -0.39 is 0 Å². The van der Waals surface area contributed by atoms with Gasteiger partial charge in [-0.25, -0.2) is 0 Å². The van der Waals surface area contributed by atoms with Crippen LogP contribution in [-0.2, 0) is 0 Å². The van der Waals surface area contributed by atoms with Gasteiger partial charge in [-0.15, -0.1) is 0 Å². The van der Waals surface area contributed by atoms with Crippen LogP contribution in [0.25, 0.3) is 0 Å². The average molecular weight is 250 g/mol. The fourth-order valence-electron chi connectivity index (χ4n) is 2.34. The van der Waals surface area contributed by atoms with Crippen molar-refractivity contribution in [3.8, 4) is 5.75 Å². The van der Waals surface area contributed by atoms with Gasteiger partial charge in [0.05, 0.1) is 7.11 Å². The van der Waals surface area contributed by atoms with E-state index in [1.54, 1.807) is 7.11 Å². The zero-order valence-corrected chi connectivity index (χ0v) is 11.9. The van der Waals surface area contributed by atoms with E-state index in [4.69, 9.17) is 10.5 Å². The fraction of sp³-hybridized carbons (Fsp3) is 0.600. The molecule has 1 atom stereocenters. The Bertz CT molecular complexity index is 335. The van der Waals surface area contributed by atoms with Gasteiger partial charge in [-0.3, -0.25) is 4.90 Å². The number of rotatable bonds is 8. The summed E-state index contributed by atoms with van der Waals surface area (Å²) in [5.74, 6) is 0.902. The zero-order chi connectivity index (χ0) is 13.4. The van der Waals surface area contributed by atoms with Crippen LogP contribution in [0.5, 0.6) is 5.75 Å². The van der Waals surface area contributed by atoms with Crippen LogP contribution in [0.15, 0.2) is 24.3 Å². The molecule has 3 nitrogen and oxygen atoms in total. The lowest BCUT2D eigenvalue weighted by Gasteiger charge is -2.30. The van der Waals surface area contributed by atoms with Crippen molar-refractivity contribution in [1.29, 1.82) is 0 Å². The molecule has 1 aromatic carbocycles. The molecule has 1 aromatic rings. The molecule has 0 bridgehead atoms. The first-order chi connectivity index (χ1) is 8.76. The predicted octanol–water partition coefficient (Wildman–Crippen LogP) is 2.82. The summed E-state index contributed by atoms with van der Waals surface area (Å²) in [7, 11) is 1.70. The second-order valence-electron chi connectivity index (χ2n) is 4.56. The van der Waals surface area contributed by atoms with Crippen LogP contribution in [0.2, 0.25) is 0 Å². The summed E-state index contributed by atoms with van der Waals surface area (Å²) in [6.45, 7) is 7.25. The van der Waals surface area contributed by atoms with E-state index in [1.165, 1.54) is 5.56 Å². The van der Waals surface area contributed by atoms with Crippen LogP contribution in [0.1, 0.15) is 38.3 Å². The van der Waals surface area contributed by atoms with Gasteiger partial charge in [-0.2, -0.15) is 0 Å². The number of nitrogens with two attached hydrogens (primary N) is 1. The quantitative estimate of drug-likeness (QED) is 0.771. The van der Waals surface area contributed by atoms with E-state index in [0.29, 0.717) is 12.6 Å². The molecule has 0 amide bonds. The van der Waals surface area contributed by atoms with Crippen molar-refractivity contribution < 1.29 is 4.74 Å². The van der Waals surface area contributed by atoms with Crippen LogP contribution in [0.4, 0.5) is 0 Å². The van der Waals surface area contributed by atoms with Gasteiger partial charge < -0.3 is 10.5 Å². The third-order valence-electron chi connectivity index (χ3n) is 3.16. The van der Waals surface area contributed by atoms with Gasteiger partial charge in [0, 0.05) is 12.6 Å². The second kappa shape index (κ2) is 8.11. The highest BCUT2D eigenvalue weighted by atomic mass is 16.5. The van der Waals surface area contributed by atoms with Crippen LogP contribution in [0.3, 0.4) is 0 Å². The topological polar surface area (TPSA) is 38.5 Å². The minimum absolute atomic E-state index is 0.292. The van der Waals surface area contributed by atoms with Gasteiger partial charge in [0.25, 0.3) is 0 Å². The Morgan fingerprint density at radius 2 is 1.89 bits per heavy atom. The maximum Gasteiger partial charge on any atom is 0.119 e. The molecule has 0 aromatic heterocycles. The molecule has 18 heavy (non-hydrogen) atoms. The monoisotopic (exact) mass is 250 g/mol. The average Bonchev–Trinajstić information content (AvgIpc) is 2.40. The summed E-state index contributed by atoms with van der Waals surface area (Å²) in [5, 5.41) is 0. The molecule has 1 rings (SSSR count). The second-order valence-corrected chi connectivity index (χ2v) is 4.56. The van der Waals surface area contributed by atoms with Crippen molar-refractivity contribution in [2.24, 2.45) is 5.73 Å². The molecule has 0 saturated heterocycles. The van der Waals surface area contributed by atoms with Crippen molar-refractivity contribution in [1.82, 2.24) is 4.90 Å². The van der Waals surface area contributed by atoms with E-state index in [2.05, 4.69) is 30.9 Å². The smallest absolute Gasteiger partial charge is 0.119 e. The van der Waals surface area contributed by atoms with Gasteiger partial charge in [-0.05, 0) is 43.6 Å². The number of ether oxygens (including phenoxy) is 1. The Balaban J connectivity index is 2.90. The number of methoxy groups -OCH3 is 1. The van der Waals surface area contributed by atoms with Crippen molar-refractivity contribution in [2.45, 2.75) is 32.7 Å². The largest absolute Gasteiger partial charge is 0.497 e. The van der Waals surface area contributed by atoms with Gasteiger partial charge >= 0.3 is 0 Å². The molecule has 0 radical (unpaired) electrons. The molecular formula is C15H26N2O. The van der Waals surface area contributed by atoms with Crippen LogP contribution >= 0.6 is 0 Å². The lowest BCUT2D eigenvalue weighted by molar-refractivity contribution is 0.202. The maximum absolute atomic E-state index is 5.98. The Morgan fingerprint density at radius 1 is 1.22 bits per heavy atom. The Morgan fingerprint density at radius 3 is 2.39 bits per heavy atom. The van der Waals surface area contributed by atoms with Gasteiger partial charge in [0.15, 0.2) is 0 Å². The van der Waals surface area contributed by atoms with Crippen molar-refractivity contribution in [3.05, 3.63) is 29.8 Å². The molecule has 2 N–H and O–H groups in total. The van der Waals surface area contributed by atoms with Crippen molar-refractivity contribution >= 4 is 0 Å². The molecule has 3 heteroatoms. The maximum atomic E-state index is 5.98. The summed E-state index contributed by atoms with van der Waals surface area (Å²) in [6.07, 6.45) is 2.31. The Kier molecular flexibility index (Phi) is 6.76. The molecule has 0 aliphatic heterocycles. The molecule has 0 fully saturated rings. The van der Waals surface area contributed by atoms with E-state index >= 15 is 0 Å². The third kappa shape index (κ3) is 4.00. The van der Waals surface area contributed by atoms with E-state index in [9.17, 15) is 0 Å². The summed E-state index contributed by atoms with van der Waals surface area (Å²) in [4.78, 5) is 2.47. The summed E-state index contributed by atoms with van der Waals surface area (Å²) < 4.78 is 5.29. The normalized spacial score (nSPS) is 12.7. The lowest BCUT2D eigenvalue weighted by atomic mass is 10.0. The minimum atomic E-state index is 0.292. The Hall–Kier alpha value is -1.06. The first-order valence-electron chi connectivity index (χ1n) is 6.84. The zero-order valence-electron chi connectivity index (χ0n) is 11.9. The highest BCUT2D eigenvalue weighted by molar-refractivity contribution is 5.30. The predicted molar refractivity (Wildman–Crippen MR) is 76.9 cm³/mol. The molecule has 0 saturated carbocycles. The van der Waals surface area contributed by atoms with Crippen molar-refractivity contribution in [2.75, 3.05) is 26.7 Å². The molecule has 0 spiro atoms. The third-order valence-corrected chi connectivity index (χ3v) is 3.16. The number of benzene rings is 1. The molecule has 0 heterocycles. The first kappa shape index (κ1) is 15.0. The summed E-state index contributed by atoms with van der Waals surface area (Å²) in [5.41, 5.74) is 7.22. The SMILES string of the molecule is CCCN(CCC)C(CN)c1cccc(OC)c1. The van der Waals surface area contributed by atoms with Crippen LogP contribution < -0.4 is 10.5 Å². The highest BCUT2D eigenvalue weighted by Gasteiger charge is 2.17. The fourth-order valence-corrected chi connectivity index (χ4v) is 2.34. The number of hydrogen-bond donors (Lipinski definition) is 1. The molecular weight excluding hydrogens is 224 g/mol. The molecule has 1 unspecified atom stereocenters. The standard InChI is InChI=1S/C15H26N2O/c1-4-9-17(10-5-2)15(12-16)13-7-6-8-14(11-13)18-3/h6-8,11,15H,4-5,9-10,12,16H2,1-3H3. The van der Waals surface area contributed by atoms with Gasteiger partial charge in [-0.1, -0.05) is 26.0 Å². The molecule has 102 valence electrons. The van der Waals surface area contributed by atoms with Crippen LogP contribution in [-0.4, -0.2) is 31.6 Å². The van der Waals surface area contributed by atoms with Crippen molar-refractivity contribution in [3.63, 3.8) is 0 Å². The highest BCUT2D eigenvalue weighted by Crippen LogP contribution is 2.24. The summed E-state index contributed by atoms with van der Waals surface area (Å²) in [6, 6.07) is 8.53. The molecule has 0 aliphatic rings. The summed E-state index contributed by atoms with van der Waals surface area (Å²) >= 11 is 0. The number of nitrogens with zero attached hydrogens (tertiary/aromatic N) is 1. The van der Waals surface area contributed by atoms with E-state index in [1.807, 2.05) is 12.1 Å². The first-order valence-corrected chi connectivity index (χ1v) is 6.84. The lowest BCUT2D eigenvalue weighted by Crippen LogP contribution is -2.35.